The molecule has 1 amide bonds. The Balaban J connectivity index is 2.13. The number of benzene rings is 1. The fourth-order valence-electron chi connectivity index (χ4n) is 2.32. The molecule has 0 aliphatic heterocycles. The standard InChI is InChI=1S/C18H24N2O4S/c1-3-4-11-19-18(21)13-16(17-6-5-12-24-17)20-25(22,23)15-9-7-14(2)8-10-15/h5-10,12,16,20H,3-4,11,13H2,1-2H3,(H,19,21)/t16-/m0/s1. The minimum atomic E-state index is -3.76. The summed E-state index contributed by atoms with van der Waals surface area (Å²) in [5.74, 6) is 0.183. The van der Waals surface area contributed by atoms with Gasteiger partial charge in [0.1, 0.15) is 5.76 Å². The van der Waals surface area contributed by atoms with Gasteiger partial charge in [-0.05, 0) is 37.6 Å². The van der Waals surface area contributed by atoms with E-state index in [2.05, 4.69) is 10.0 Å². The molecule has 0 bridgehead atoms. The van der Waals surface area contributed by atoms with E-state index in [1.165, 1.54) is 18.4 Å². The molecule has 2 aromatic rings. The van der Waals surface area contributed by atoms with Gasteiger partial charge in [0.25, 0.3) is 0 Å². The highest BCUT2D eigenvalue weighted by Crippen LogP contribution is 2.21. The number of carbonyl (C=O) groups is 1. The Morgan fingerprint density at radius 2 is 1.92 bits per heavy atom. The van der Waals surface area contributed by atoms with Crippen LogP contribution in [-0.4, -0.2) is 20.9 Å². The van der Waals surface area contributed by atoms with Crippen LogP contribution in [0.2, 0.25) is 0 Å². The Morgan fingerprint density at radius 3 is 2.52 bits per heavy atom. The third-order valence-corrected chi connectivity index (χ3v) is 5.24. The zero-order valence-corrected chi connectivity index (χ0v) is 15.3. The molecule has 0 radical (unpaired) electrons. The fourth-order valence-corrected chi connectivity index (χ4v) is 3.53. The van der Waals surface area contributed by atoms with Crippen LogP contribution in [0.4, 0.5) is 0 Å². The lowest BCUT2D eigenvalue weighted by Gasteiger charge is -2.17. The SMILES string of the molecule is CCCCNC(=O)C[C@H](NS(=O)(=O)c1ccc(C)cc1)c1ccco1. The van der Waals surface area contributed by atoms with Gasteiger partial charge in [-0.3, -0.25) is 4.79 Å². The highest BCUT2D eigenvalue weighted by molar-refractivity contribution is 7.89. The molecule has 6 nitrogen and oxygen atoms in total. The summed E-state index contributed by atoms with van der Waals surface area (Å²) in [6, 6.07) is 9.10. The van der Waals surface area contributed by atoms with E-state index in [-0.39, 0.29) is 17.2 Å². The van der Waals surface area contributed by atoms with E-state index in [4.69, 9.17) is 4.42 Å². The van der Waals surface area contributed by atoms with Crippen LogP contribution in [0.3, 0.4) is 0 Å². The summed E-state index contributed by atoms with van der Waals surface area (Å²) in [6.07, 6.45) is 3.29. The summed E-state index contributed by atoms with van der Waals surface area (Å²) in [5, 5.41) is 2.79. The molecule has 0 spiro atoms. The maximum Gasteiger partial charge on any atom is 0.241 e. The van der Waals surface area contributed by atoms with E-state index in [0.29, 0.717) is 12.3 Å². The molecule has 1 aromatic heterocycles. The number of rotatable bonds is 9. The van der Waals surface area contributed by atoms with Gasteiger partial charge in [-0.25, -0.2) is 8.42 Å². The number of hydrogen-bond donors (Lipinski definition) is 2. The van der Waals surface area contributed by atoms with Crippen LogP contribution >= 0.6 is 0 Å². The molecule has 0 saturated carbocycles. The quantitative estimate of drug-likeness (QED) is 0.670. The number of amides is 1. The molecular formula is C18H24N2O4S. The highest BCUT2D eigenvalue weighted by Gasteiger charge is 2.25. The molecule has 0 aliphatic carbocycles. The van der Waals surface area contributed by atoms with E-state index < -0.39 is 16.1 Å². The minimum absolute atomic E-state index is 0.0255. The Hall–Kier alpha value is -2.12. The zero-order valence-electron chi connectivity index (χ0n) is 14.5. The first kappa shape index (κ1) is 19.2. The Morgan fingerprint density at radius 1 is 1.20 bits per heavy atom. The number of sulfonamides is 1. The average molecular weight is 364 g/mol. The van der Waals surface area contributed by atoms with Crippen molar-refractivity contribution in [2.24, 2.45) is 0 Å². The molecular weight excluding hydrogens is 340 g/mol. The largest absolute Gasteiger partial charge is 0.468 e. The van der Waals surface area contributed by atoms with Gasteiger partial charge in [-0.15, -0.1) is 0 Å². The number of furan rings is 1. The van der Waals surface area contributed by atoms with Crippen molar-refractivity contribution < 1.29 is 17.6 Å². The van der Waals surface area contributed by atoms with Crippen LogP contribution in [0, 0.1) is 6.92 Å². The molecule has 1 aromatic carbocycles. The molecule has 0 saturated heterocycles. The lowest BCUT2D eigenvalue weighted by Crippen LogP contribution is -2.34. The van der Waals surface area contributed by atoms with Gasteiger partial charge < -0.3 is 9.73 Å². The fraction of sp³-hybridized carbons (Fsp3) is 0.389. The average Bonchev–Trinajstić information content (AvgIpc) is 3.09. The summed E-state index contributed by atoms with van der Waals surface area (Å²) in [7, 11) is -3.76. The Labute approximate surface area is 148 Å². The summed E-state index contributed by atoms with van der Waals surface area (Å²) in [6.45, 7) is 4.49. The summed E-state index contributed by atoms with van der Waals surface area (Å²) in [5.41, 5.74) is 0.969. The van der Waals surface area contributed by atoms with E-state index in [0.717, 1.165) is 18.4 Å². The molecule has 25 heavy (non-hydrogen) atoms. The molecule has 1 atom stereocenters. The van der Waals surface area contributed by atoms with Crippen molar-refractivity contribution in [2.45, 2.75) is 44.0 Å². The summed E-state index contributed by atoms with van der Waals surface area (Å²) >= 11 is 0. The molecule has 1 heterocycles. The van der Waals surface area contributed by atoms with E-state index >= 15 is 0 Å². The second-order valence-corrected chi connectivity index (χ2v) is 7.62. The molecule has 136 valence electrons. The van der Waals surface area contributed by atoms with Gasteiger partial charge in [0.2, 0.25) is 15.9 Å². The predicted octanol–water partition coefficient (Wildman–Crippen LogP) is 2.91. The number of hydrogen-bond acceptors (Lipinski definition) is 4. The monoisotopic (exact) mass is 364 g/mol. The first-order valence-electron chi connectivity index (χ1n) is 8.31. The van der Waals surface area contributed by atoms with Crippen molar-refractivity contribution >= 4 is 15.9 Å². The van der Waals surface area contributed by atoms with Gasteiger partial charge in [0, 0.05) is 6.54 Å². The Bertz CT molecular complexity index is 768. The van der Waals surface area contributed by atoms with Crippen LogP contribution in [0.15, 0.2) is 52.0 Å². The van der Waals surface area contributed by atoms with Crippen LogP contribution in [0.25, 0.3) is 0 Å². The number of carbonyl (C=O) groups excluding carboxylic acids is 1. The normalized spacial score (nSPS) is 12.7. The van der Waals surface area contributed by atoms with Crippen LogP contribution in [0.1, 0.15) is 43.6 Å². The van der Waals surface area contributed by atoms with Crippen molar-refractivity contribution in [3.05, 3.63) is 54.0 Å². The third kappa shape index (κ3) is 5.72. The van der Waals surface area contributed by atoms with Gasteiger partial charge in [-0.2, -0.15) is 4.72 Å². The van der Waals surface area contributed by atoms with Crippen LogP contribution in [-0.2, 0) is 14.8 Å². The molecule has 2 N–H and O–H groups in total. The van der Waals surface area contributed by atoms with Crippen molar-refractivity contribution in [3.63, 3.8) is 0 Å². The van der Waals surface area contributed by atoms with Crippen molar-refractivity contribution in [1.82, 2.24) is 10.0 Å². The van der Waals surface area contributed by atoms with E-state index in [1.54, 1.807) is 24.3 Å². The number of unbranched alkanes of at least 4 members (excludes halogenated alkanes) is 1. The molecule has 2 rings (SSSR count). The zero-order chi connectivity index (χ0) is 18.3. The number of aryl methyl sites for hydroxylation is 1. The van der Waals surface area contributed by atoms with Crippen LogP contribution in [0.5, 0.6) is 0 Å². The first-order valence-corrected chi connectivity index (χ1v) is 9.80. The maximum absolute atomic E-state index is 12.6. The van der Waals surface area contributed by atoms with Gasteiger partial charge in [0.05, 0.1) is 23.6 Å². The topological polar surface area (TPSA) is 88.4 Å². The van der Waals surface area contributed by atoms with Crippen molar-refractivity contribution in [1.29, 1.82) is 0 Å². The first-order chi connectivity index (χ1) is 11.9. The van der Waals surface area contributed by atoms with E-state index in [9.17, 15) is 13.2 Å². The van der Waals surface area contributed by atoms with Crippen LogP contribution < -0.4 is 10.0 Å². The lowest BCUT2D eigenvalue weighted by molar-refractivity contribution is -0.121. The summed E-state index contributed by atoms with van der Waals surface area (Å²) in [4.78, 5) is 12.3. The Kier molecular flexibility index (Phi) is 6.78. The van der Waals surface area contributed by atoms with Gasteiger partial charge in [-0.1, -0.05) is 31.0 Å². The maximum atomic E-state index is 12.6. The summed E-state index contributed by atoms with van der Waals surface area (Å²) < 4.78 is 33.1. The molecule has 0 unspecified atom stereocenters. The van der Waals surface area contributed by atoms with Crippen molar-refractivity contribution in [2.75, 3.05) is 6.54 Å². The van der Waals surface area contributed by atoms with Gasteiger partial charge in [0.15, 0.2) is 0 Å². The molecule has 0 fully saturated rings. The molecule has 0 aliphatic rings. The smallest absolute Gasteiger partial charge is 0.241 e. The highest BCUT2D eigenvalue weighted by atomic mass is 32.2. The second kappa shape index (κ2) is 8.82. The molecule has 7 heteroatoms. The van der Waals surface area contributed by atoms with Crippen molar-refractivity contribution in [3.8, 4) is 0 Å². The lowest BCUT2D eigenvalue weighted by atomic mass is 10.1. The third-order valence-electron chi connectivity index (χ3n) is 3.76. The number of nitrogens with one attached hydrogen (secondary N) is 2. The predicted molar refractivity (Wildman–Crippen MR) is 95.5 cm³/mol. The van der Waals surface area contributed by atoms with E-state index in [1.807, 2.05) is 13.8 Å². The van der Waals surface area contributed by atoms with Gasteiger partial charge >= 0.3 is 0 Å². The second-order valence-electron chi connectivity index (χ2n) is 5.91. The minimum Gasteiger partial charge on any atom is -0.468 e.